The van der Waals surface area contributed by atoms with E-state index in [-0.39, 0.29) is 18.1 Å². The number of aliphatic hydroxyl groups excluding tert-OH is 1. The number of aliphatic hydroxyl groups is 1. The fraction of sp³-hybridized carbons (Fsp3) is 0.286. The van der Waals surface area contributed by atoms with Gasteiger partial charge < -0.3 is 10.2 Å². The van der Waals surface area contributed by atoms with E-state index in [1.54, 1.807) is 19.2 Å². The van der Waals surface area contributed by atoms with Crippen LogP contribution in [0.25, 0.3) is 5.69 Å². The average molecular weight is 278 g/mol. The van der Waals surface area contributed by atoms with Crippen LogP contribution in [0.3, 0.4) is 0 Å². The summed E-state index contributed by atoms with van der Waals surface area (Å²) in [5.41, 5.74) is 1.81. The Hall–Kier alpha value is -2.21. The molecule has 0 bridgehead atoms. The fourth-order valence-electron chi connectivity index (χ4n) is 2.04. The quantitative estimate of drug-likeness (QED) is 0.876. The minimum absolute atomic E-state index is 0.0141. The third kappa shape index (κ3) is 2.85. The van der Waals surface area contributed by atoms with E-state index in [2.05, 4.69) is 5.10 Å². The number of nitrogens with zero attached hydrogens (tertiary/aromatic N) is 2. The second-order valence-electron chi connectivity index (χ2n) is 4.51. The van der Waals surface area contributed by atoms with Crippen molar-refractivity contribution in [2.24, 2.45) is 0 Å². The van der Waals surface area contributed by atoms with Crippen molar-refractivity contribution in [2.45, 2.75) is 19.8 Å². The molecule has 0 saturated carbocycles. The first-order valence-corrected chi connectivity index (χ1v) is 6.22. The molecule has 0 spiro atoms. The maximum atomic E-state index is 13.1. The third-order valence-electron chi connectivity index (χ3n) is 3.00. The second-order valence-corrected chi connectivity index (χ2v) is 4.51. The minimum Gasteiger partial charge on any atom is -0.476 e. The zero-order chi connectivity index (χ0) is 14.7. The van der Waals surface area contributed by atoms with E-state index in [1.165, 1.54) is 16.8 Å². The van der Waals surface area contributed by atoms with Crippen molar-refractivity contribution >= 4 is 5.97 Å². The zero-order valence-corrected chi connectivity index (χ0v) is 11.0. The molecule has 0 amide bonds. The number of carboxylic acid groups (broad SMARTS) is 1. The molecule has 1 heterocycles. The van der Waals surface area contributed by atoms with E-state index < -0.39 is 5.97 Å². The maximum absolute atomic E-state index is 13.1. The van der Waals surface area contributed by atoms with Crippen molar-refractivity contribution < 1.29 is 19.4 Å². The largest absolute Gasteiger partial charge is 0.476 e. The minimum atomic E-state index is -1.11. The molecule has 6 heteroatoms. The number of aromatic nitrogens is 2. The Morgan fingerprint density at radius 1 is 1.45 bits per heavy atom. The van der Waals surface area contributed by atoms with Crippen LogP contribution in [-0.4, -0.2) is 32.6 Å². The molecule has 0 aliphatic carbocycles. The summed E-state index contributed by atoms with van der Waals surface area (Å²) in [5.74, 6) is -1.46. The van der Waals surface area contributed by atoms with Gasteiger partial charge in [0.2, 0.25) is 0 Å². The van der Waals surface area contributed by atoms with Crippen molar-refractivity contribution in [3.8, 4) is 5.69 Å². The summed E-state index contributed by atoms with van der Waals surface area (Å²) >= 11 is 0. The third-order valence-corrected chi connectivity index (χ3v) is 3.00. The van der Waals surface area contributed by atoms with Crippen molar-refractivity contribution in [1.82, 2.24) is 9.78 Å². The number of halogens is 1. The normalized spacial score (nSPS) is 10.8. The Kier molecular flexibility index (Phi) is 4.14. The number of aryl methyl sites for hydroxylation is 2. The molecular formula is C14H15FN2O3. The van der Waals surface area contributed by atoms with E-state index in [1.807, 2.05) is 0 Å². The van der Waals surface area contributed by atoms with Gasteiger partial charge in [0.15, 0.2) is 5.69 Å². The van der Waals surface area contributed by atoms with Gasteiger partial charge in [-0.1, -0.05) is 0 Å². The van der Waals surface area contributed by atoms with Crippen LogP contribution in [0.15, 0.2) is 24.4 Å². The van der Waals surface area contributed by atoms with Gasteiger partial charge in [-0.2, -0.15) is 5.10 Å². The van der Waals surface area contributed by atoms with Crippen molar-refractivity contribution in [3.05, 3.63) is 47.0 Å². The number of aromatic carboxylic acids is 1. The van der Waals surface area contributed by atoms with E-state index in [0.29, 0.717) is 29.7 Å². The molecule has 2 rings (SSSR count). The maximum Gasteiger partial charge on any atom is 0.356 e. The number of hydrogen-bond donors (Lipinski definition) is 2. The van der Waals surface area contributed by atoms with Crippen LogP contribution in [0.2, 0.25) is 0 Å². The molecule has 5 nitrogen and oxygen atoms in total. The van der Waals surface area contributed by atoms with Gasteiger partial charge in [0.25, 0.3) is 0 Å². The molecule has 0 aliphatic heterocycles. The first-order chi connectivity index (χ1) is 9.52. The highest BCUT2D eigenvalue weighted by Gasteiger charge is 2.16. The monoisotopic (exact) mass is 278 g/mol. The molecule has 0 atom stereocenters. The smallest absolute Gasteiger partial charge is 0.356 e. The van der Waals surface area contributed by atoms with Gasteiger partial charge in [-0.15, -0.1) is 0 Å². The Morgan fingerprint density at radius 3 is 2.80 bits per heavy atom. The molecule has 106 valence electrons. The highest BCUT2D eigenvalue weighted by Crippen LogP contribution is 2.18. The van der Waals surface area contributed by atoms with Gasteiger partial charge in [-0.25, -0.2) is 13.9 Å². The summed E-state index contributed by atoms with van der Waals surface area (Å²) in [6.07, 6.45) is 2.51. The highest BCUT2D eigenvalue weighted by molar-refractivity contribution is 5.87. The number of benzene rings is 1. The lowest BCUT2D eigenvalue weighted by Gasteiger charge is -2.05. The first-order valence-electron chi connectivity index (χ1n) is 6.22. The van der Waals surface area contributed by atoms with Crippen LogP contribution in [0.1, 0.15) is 28.0 Å². The predicted molar refractivity (Wildman–Crippen MR) is 70.6 cm³/mol. The Bertz CT molecular complexity index is 637. The molecule has 2 aromatic rings. The lowest BCUT2D eigenvalue weighted by atomic mass is 10.1. The summed E-state index contributed by atoms with van der Waals surface area (Å²) in [6.45, 7) is 1.72. The highest BCUT2D eigenvalue weighted by atomic mass is 19.1. The van der Waals surface area contributed by atoms with Crippen molar-refractivity contribution in [3.63, 3.8) is 0 Å². The van der Waals surface area contributed by atoms with Crippen molar-refractivity contribution in [1.29, 1.82) is 0 Å². The molecule has 1 aromatic heterocycles. The van der Waals surface area contributed by atoms with E-state index in [4.69, 9.17) is 10.2 Å². The van der Waals surface area contributed by atoms with Gasteiger partial charge in [0.05, 0.1) is 5.69 Å². The van der Waals surface area contributed by atoms with Crippen LogP contribution >= 0.6 is 0 Å². The molecule has 0 radical (unpaired) electrons. The van der Waals surface area contributed by atoms with E-state index in [0.717, 1.165) is 0 Å². The Morgan fingerprint density at radius 2 is 2.20 bits per heavy atom. The molecular weight excluding hydrogens is 263 g/mol. The average Bonchev–Trinajstić information content (AvgIpc) is 2.80. The number of carbonyl (C=O) groups is 1. The number of hydrogen-bond acceptors (Lipinski definition) is 3. The Labute approximate surface area is 115 Å². The molecule has 2 N–H and O–H groups in total. The lowest BCUT2D eigenvalue weighted by molar-refractivity contribution is 0.0688. The summed E-state index contributed by atoms with van der Waals surface area (Å²) in [7, 11) is 0. The van der Waals surface area contributed by atoms with Gasteiger partial charge in [-0.05, 0) is 43.5 Å². The summed E-state index contributed by atoms with van der Waals surface area (Å²) in [4.78, 5) is 11.2. The van der Waals surface area contributed by atoms with Gasteiger partial charge in [0, 0.05) is 18.4 Å². The van der Waals surface area contributed by atoms with E-state index >= 15 is 0 Å². The summed E-state index contributed by atoms with van der Waals surface area (Å²) in [6, 6.07) is 4.22. The van der Waals surface area contributed by atoms with Crippen LogP contribution in [-0.2, 0) is 6.42 Å². The van der Waals surface area contributed by atoms with Crippen LogP contribution in [0.5, 0.6) is 0 Å². The molecule has 20 heavy (non-hydrogen) atoms. The van der Waals surface area contributed by atoms with E-state index in [9.17, 15) is 9.18 Å². The Balaban J connectivity index is 2.44. The molecule has 0 saturated heterocycles. The molecule has 0 unspecified atom stereocenters. The molecule has 0 fully saturated rings. The standard InChI is InChI=1S/C14H15FN2O3/c1-9-7-11(15)4-5-12(9)17-8-10(3-2-6-18)13(16-17)14(19)20/h4-5,7-8,18H,2-3,6H2,1H3,(H,19,20). The van der Waals surface area contributed by atoms with Crippen LogP contribution < -0.4 is 0 Å². The zero-order valence-electron chi connectivity index (χ0n) is 11.0. The number of rotatable bonds is 5. The summed E-state index contributed by atoms with van der Waals surface area (Å²) < 4.78 is 14.5. The van der Waals surface area contributed by atoms with Crippen LogP contribution in [0, 0.1) is 12.7 Å². The topological polar surface area (TPSA) is 75.4 Å². The predicted octanol–water partition coefficient (Wildman–Crippen LogP) is 1.94. The van der Waals surface area contributed by atoms with Gasteiger partial charge in [0.1, 0.15) is 5.82 Å². The fourth-order valence-corrected chi connectivity index (χ4v) is 2.04. The van der Waals surface area contributed by atoms with Gasteiger partial charge in [-0.3, -0.25) is 0 Å². The van der Waals surface area contributed by atoms with Crippen molar-refractivity contribution in [2.75, 3.05) is 6.61 Å². The first kappa shape index (κ1) is 14.2. The molecule has 1 aromatic carbocycles. The SMILES string of the molecule is Cc1cc(F)ccc1-n1cc(CCCO)c(C(=O)O)n1. The number of carboxylic acids is 1. The molecule has 0 aliphatic rings. The lowest BCUT2D eigenvalue weighted by Crippen LogP contribution is -2.04. The van der Waals surface area contributed by atoms with Crippen LogP contribution in [0.4, 0.5) is 4.39 Å². The second kappa shape index (κ2) is 5.83. The van der Waals surface area contributed by atoms with Gasteiger partial charge >= 0.3 is 5.97 Å². The summed E-state index contributed by atoms with van der Waals surface area (Å²) in [5, 5.41) is 22.0.